The molecule has 0 amide bonds. The summed E-state index contributed by atoms with van der Waals surface area (Å²) in [5, 5.41) is 13.0. The van der Waals surface area contributed by atoms with Crippen LogP contribution in [0.4, 0.5) is 0 Å². The van der Waals surface area contributed by atoms with Gasteiger partial charge in [-0.2, -0.15) is 0 Å². The Kier molecular flexibility index (Phi) is 5.17. The summed E-state index contributed by atoms with van der Waals surface area (Å²) in [5.74, 6) is 0.338. The lowest BCUT2D eigenvalue weighted by Gasteiger charge is -2.42. The van der Waals surface area contributed by atoms with E-state index in [0.717, 1.165) is 18.4 Å². The second-order valence-corrected chi connectivity index (χ2v) is 5.32. The molecule has 1 aromatic carbocycles. The molecule has 0 spiro atoms. The quantitative estimate of drug-likeness (QED) is 0.813. The summed E-state index contributed by atoms with van der Waals surface area (Å²) in [6.45, 7) is 4.49. The number of rotatable bonds is 6. The van der Waals surface area contributed by atoms with E-state index in [1.165, 1.54) is 0 Å². The Morgan fingerprint density at radius 2 is 2.06 bits per heavy atom. The molecule has 0 saturated heterocycles. The van der Waals surface area contributed by atoms with Crippen molar-refractivity contribution in [1.29, 1.82) is 0 Å². The summed E-state index contributed by atoms with van der Waals surface area (Å²) < 4.78 is 0. The van der Waals surface area contributed by atoms with Crippen molar-refractivity contribution in [3.63, 3.8) is 0 Å². The molecular weight excluding hydrogens is 224 g/mol. The lowest BCUT2D eigenvalue weighted by molar-refractivity contribution is 0.116. The van der Waals surface area contributed by atoms with E-state index in [1.807, 2.05) is 19.2 Å². The summed E-state index contributed by atoms with van der Waals surface area (Å²) in [6.07, 6.45) is 1.98. The van der Waals surface area contributed by atoms with Crippen molar-refractivity contribution < 1.29 is 5.11 Å². The molecule has 2 N–H and O–H groups in total. The zero-order valence-corrected chi connectivity index (χ0v) is 12.2. The molecule has 1 rings (SSSR count). The summed E-state index contributed by atoms with van der Waals surface area (Å²) in [6, 6.07) is 7.87. The molecule has 0 fully saturated rings. The summed E-state index contributed by atoms with van der Waals surface area (Å²) in [5.41, 5.74) is 1.26. The third kappa shape index (κ3) is 3.24. The van der Waals surface area contributed by atoms with Gasteiger partial charge in [0.25, 0.3) is 0 Å². The third-order valence-electron chi connectivity index (χ3n) is 4.19. The van der Waals surface area contributed by atoms with Crippen LogP contribution in [0.2, 0.25) is 0 Å². The van der Waals surface area contributed by atoms with Gasteiger partial charge in [0.15, 0.2) is 0 Å². The van der Waals surface area contributed by atoms with Gasteiger partial charge in [-0.15, -0.1) is 0 Å². The summed E-state index contributed by atoms with van der Waals surface area (Å²) >= 11 is 0. The number of aromatic hydroxyl groups is 1. The van der Waals surface area contributed by atoms with Crippen LogP contribution in [0.1, 0.15) is 25.8 Å². The van der Waals surface area contributed by atoms with Gasteiger partial charge in [0.2, 0.25) is 0 Å². The Morgan fingerprint density at radius 3 is 2.50 bits per heavy atom. The third-order valence-corrected chi connectivity index (χ3v) is 4.19. The minimum Gasteiger partial charge on any atom is -0.508 e. The monoisotopic (exact) mass is 250 g/mol. The predicted octanol–water partition coefficient (Wildman–Crippen LogP) is 2.25. The Morgan fingerprint density at radius 1 is 1.39 bits per heavy atom. The highest BCUT2D eigenvalue weighted by atomic mass is 16.3. The second-order valence-electron chi connectivity index (χ2n) is 5.32. The van der Waals surface area contributed by atoms with Crippen LogP contribution < -0.4 is 5.32 Å². The first-order valence-electron chi connectivity index (χ1n) is 6.56. The standard InChI is InChI=1S/C15H26N2O/c1-6-15(2,17(4)5)14(16-3)11-12-8-7-9-13(18)10-12/h7-10,14,16,18H,6,11H2,1-5H3. The Balaban J connectivity index is 2.90. The van der Waals surface area contributed by atoms with Gasteiger partial charge in [-0.25, -0.2) is 0 Å². The number of benzene rings is 1. The van der Waals surface area contributed by atoms with Crippen molar-refractivity contribution in [2.75, 3.05) is 21.1 Å². The lowest BCUT2D eigenvalue weighted by Crippen LogP contribution is -2.56. The van der Waals surface area contributed by atoms with Crippen LogP contribution in [0.3, 0.4) is 0 Å². The van der Waals surface area contributed by atoms with E-state index in [4.69, 9.17) is 0 Å². The number of hydrogen-bond donors (Lipinski definition) is 2. The molecule has 3 heteroatoms. The van der Waals surface area contributed by atoms with Crippen molar-refractivity contribution in [3.8, 4) is 5.75 Å². The van der Waals surface area contributed by atoms with Gasteiger partial charge in [-0.3, -0.25) is 0 Å². The van der Waals surface area contributed by atoms with E-state index in [-0.39, 0.29) is 5.54 Å². The number of hydrogen-bond acceptors (Lipinski definition) is 3. The molecule has 0 heterocycles. The average Bonchev–Trinajstić information content (AvgIpc) is 2.34. The molecule has 2 atom stereocenters. The van der Waals surface area contributed by atoms with Gasteiger partial charge in [-0.1, -0.05) is 19.1 Å². The van der Waals surface area contributed by atoms with Crippen molar-refractivity contribution >= 4 is 0 Å². The van der Waals surface area contributed by atoms with Gasteiger partial charge >= 0.3 is 0 Å². The van der Waals surface area contributed by atoms with E-state index in [2.05, 4.69) is 44.2 Å². The largest absolute Gasteiger partial charge is 0.508 e. The van der Waals surface area contributed by atoms with E-state index in [9.17, 15) is 5.11 Å². The Hall–Kier alpha value is -1.06. The van der Waals surface area contributed by atoms with Gasteiger partial charge < -0.3 is 15.3 Å². The fraction of sp³-hybridized carbons (Fsp3) is 0.600. The van der Waals surface area contributed by atoms with Gasteiger partial charge in [-0.05, 0) is 58.6 Å². The molecule has 0 bridgehead atoms. The zero-order chi connectivity index (χ0) is 13.8. The Bertz CT molecular complexity index is 379. The highest BCUT2D eigenvalue weighted by Gasteiger charge is 2.33. The average molecular weight is 250 g/mol. The van der Waals surface area contributed by atoms with Gasteiger partial charge in [0.1, 0.15) is 5.75 Å². The van der Waals surface area contributed by atoms with Crippen LogP contribution >= 0.6 is 0 Å². The van der Waals surface area contributed by atoms with E-state index < -0.39 is 0 Å². The van der Waals surface area contributed by atoms with Crippen LogP contribution in [0.25, 0.3) is 0 Å². The van der Waals surface area contributed by atoms with E-state index in [1.54, 1.807) is 6.07 Å². The van der Waals surface area contributed by atoms with Gasteiger partial charge in [0, 0.05) is 11.6 Å². The molecule has 1 aromatic rings. The van der Waals surface area contributed by atoms with Crippen molar-refractivity contribution in [3.05, 3.63) is 29.8 Å². The maximum Gasteiger partial charge on any atom is 0.115 e. The molecule has 0 aliphatic heterocycles. The van der Waals surface area contributed by atoms with E-state index in [0.29, 0.717) is 11.8 Å². The molecule has 18 heavy (non-hydrogen) atoms. The minimum atomic E-state index is 0.0974. The van der Waals surface area contributed by atoms with Crippen LogP contribution in [-0.2, 0) is 6.42 Å². The SMILES string of the molecule is CCC(C)(C(Cc1cccc(O)c1)NC)N(C)C. The minimum absolute atomic E-state index is 0.0974. The van der Waals surface area contributed by atoms with Crippen molar-refractivity contribution in [2.45, 2.75) is 38.3 Å². The van der Waals surface area contributed by atoms with Crippen LogP contribution in [0, 0.1) is 0 Å². The van der Waals surface area contributed by atoms with Crippen molar-refractivity contribution in [2.24, 2.45) is 0 Å². The first-order valence-corrected chi connectivity index (χ1v) is 6.56. The fourth-order valence-corrected chi connectivity index (χ4v) is 2.43. The maximum atomic E-state index is 9.54. The molecule has 3 nitrogen and oxygen atoms in total. The number of phenolic OH excluding ortho intramolecular Hbond substituents is 1. The maximum absolute atomic E-state index is 9.54. The number of likely N-dealkylation sites (N-methyl/N-ethyl adjacent to an activating group) is 2. The first-order chi connectivity index (χ1) is 8.43. The van der Waals surface area contributed by atoms with Crippen LogP contribution in [-0.4, -0.2) is 42.7 Å². The molecular formula is C15H26N2O. The molecule has 0 saturated carbocycles. The lowest BCUT2D eigenvalue weighted by atomic mass is 9.84. The summed E-state index contributed by atoms with van der Waals surface area (Å²) in [4.78, 5) is 2.27. The Labute approximate surface area is 111 Å². The predicted molar refractivity (Wildman–Crippen MR) is 77.0 cm³/mol. The first kappa shape index (κ1) is 15.0. The molecule has 2 unspecified atom stereocenters. The molecule has 0 aromatic heterocycles. The number of nitrogens with zero attached hydrogens (tertiary/aromatic N) is 1. The summed E-state index contributed by atoms with van der Waals surface area (Å²) in [7, 11) is 6.25. The van der Waals surface area contributed by atoms with E-state index >= 15 is 0 Å². The number of phenols is 1. The zero-order valence-electron chi connectivity index (χ0n) is 12.2. The molecule has 0 radical (unpaired) electrons. The highest BCUT2D eigenvalue weighted by molar-refractivity contribution is 5.28. The van der Waals surface area contributed by atoms with Crippen LogP contribution in [0.15, 0.2) is 24.3 Å². The topological polar surface area (TPSA) is 35.5 Å². The van der Waals surface area contributed by atoms with Gasteiger partial charge in [0.05, 0.1) is 0 Å². The highest BCUT2D eigenvalue weighted by Crippen LogP contribution is 2.24. The van der Waals surface area contributed by atoms with Crippen LogP contribution in [0.5, 0.6) is 5.75 Å². The molecule has 0 aliphatic rings. The second kappa shape index (κ2) is 6.21. The molecule has 0 aliphatic carbocycles. The fourth-order valence-electron chi connectivity index (χ4n) is 2.43. The van der Waals surface area contributed by atoms with Crippen molar-refractivity contribution in [1.82, 2.24) is 10.2 Å². The molecule has 102 valence electrons. The normalized spacial score (nSPS) is 16.6. The smallest absolute Gasteiger partial charge is 0.115 e. The number of nitrogens with one attached hydrogen (secondary N) is 1.